The topological polar surface area (TPSA) is 127 Å². The van der Waals surface area contributed by atoms with E-state index in [1.807, 2.05) is 0 Å². The van der Waals surface area contributed by atoms with E-state index in [1.54, 1.807) is 62.8 Å². The molecule has 0 aromatic heterocycles. The van der Waals surface area contributed by atoms with Crippen LogP contribution in [-0.4, -0.2) is 67.9 Å². The van der Waals surface area contributed by atoms with Crippen LogP contribution in [-0.2, 0) is 33.3 Å². The van der Waals surface area contributed by atoms with Gasteiger partial charge in [-0.2, -0.15) is 0 Å². The summed E-state index contributed by atoms with van der Waals surface area (Å²) < 4.78 is 31.9. The van der Waals surface area contributed by atoms with Gasteiger partial charge >= 0.3 is 17.9 Å². The highest BCUT2D eigenvalue weighted by Crippen LogP contribution is 2.28. The Bertz CT molecular complexity index is 1150. The molecule has 0 saturated carbocycles. The van der Waals surface area contributed by atoms with Crippen molar-refractivity contribution >= 4 is 30.1 Å². The highest BCUT2D eigenvalue weighted by Gasteiger charge is 2.50. The van der Waals surface area contributed by atoms with Gasteiger partial charge in [-0.1, -0.05) is 24.3 Å². The zero-order chi connectivity index (χ0) is 27.7. The first-order chi connectivity index (χ1) is 18.2. The molecule has 10 heteroatoms. The third-order valence-electron chi connectivity index (χ3n) is 5.61. The number of carbonyl (C=O) groups is 3. The summed E-state index contributed by atoms with van der Waals surface area (Å²) in [6.07, 6.45) is -1.04. The Balaban J connectivity index is 1.76. The largest absolute Gasteiger partial charge is 0.497 e. The predicted molar refractivity (Wildman–Crippen MR) is 136 cm³/mol. The Labute approximate surface area is 220 Å². The Hall–Kier alpha value is -4.15. The molecule has 0 radical (unpaired) electrons. The van der Waals surface area contributed by atoms with Gasteiger partial charge in [0.15, 0.2) is 24.6 Å². The summed E-state index contributed by atoms with van der Waals surface area (Å²) in [5, 5.41) is 10.4. The number of ether oxygens (including phenoxy) is 6. The van der Waals surface area contributed by atoms with Crippen molar-refractivity contribution in [1.29, 1.82) is 0 Å². The van der Waals surface area contributed by atoms with Crippen molar-refractivity contribution in [3.05, 3.63) is 71.8 Å². The highest BCUT2D eigenvalue weighted by molar-refractivity contribution is 5.88. The molecule has 202 valence electrons. The van der Waals surface area contributed by atoms with E-state index < -0.39 is 48.6 Å². The third-order valence-corrected chi connectivity index (χ3v) is 5.61. The summed E-state index contributed by atoms with van der Waals surface area (Å²) >= 11 is 0. The molecule has 10 nitrogen and oxygen atoms in total. The van der Waals surface area contributed by atoms with Crippen LogP contribution in [0.5, 0.6) is 11.5 Å². The molecule has 5 atom stereocenters. The van der Waals surface area contributed by atoms with Crippen molar-refractivity contribution in [3.8, 4) is 11.5 Å². The Kier molecular flexibility index (Phi) is 10.0. The third kappa shape index (κ3) is 7.92. The van der Waals surface area contributed by atoms with Gasteiger partial charge in [-0.05, 0) is 54.5 Å². The fourth-order valence-corrected chi connectivity index (χ4v) is 3.71. The average Bonchev–Trinajstić information content (AvgIpc) is 2.91. The molecule has 1 fully saturated rings. The molecule has 1 aliphatic heterocycles. The smallest absolute Gasteiger partial charge is 0.331 e. The maximum Gasteiger partial charge on any atom is 0.331 e. The van der Waals surface area contributed by atoms with Crippen molar-refractivity contribution in [2.24, 2.45) is 0 Å². The van der Waals surface area contributed by atoms with Gasteiger partial charge < -0.3 is 33.5 Å². The number of benzene rings is 2. The van der Waals surface area contributed by atoms with Crippen LogP contribution >= 0.6 is 0 Å². The van der Waals surface area contributed by atoms with Crippen molar-refractivity contribution in [2.45, 2.75) is 44.6 Å². The molecule has 1 saturated heterocycles. The maximum atomic E-state index is 12.7. The molecule has 38 heavy (non-hydrogen) atoms. The lowest BCUT2D eigenvalue weighted by Crippen LogP contribution is -2.60. The molecule has 5 unspecified atom stereocenters. The molecule has 1 N–H and O–H groups in total. The number of hydrogen-bond donors (Lipinski definition) is 1. The normalized spacial score (nSPS) is 23.1. The first-order valence-electron chi connectivity index (χ1n) is 11.8. The number of hydrogen-bond acceptors (Lipinski definition) is 10. The summed E-state index contributed by atoms with van der Waals surface area (Å²) in [6.45, 7) is 2.66. The van der Waals surface area contributed by atoms with Crippen LogP contribution in [0, 0.1) is 0 Å². The van der Waals surface area contributed by atoms with Gasteiger partial charge in [-0.25, -0.2) is 9.59 Å². The van der Waals surface area contributed by atoms with Crippen LogP contribution in [0.25, 0.3) is 12.2 Å². The second kappa shape index (κ2) is 13.4. The number of rotatable bonds is 9. The van der Waals surface area contributed by atoms with Gasteiger partial charge in [-0.3, -0.25) is 4.79 Å². The van der Waals surface area contributed by atoms with Crippen molar-refractivity contribution < 1.29 is 47.9 Å². The summed E-state index contributed by atoms with van der Waals surface area (Å²) in [5.74, 6) is -0.983. The lowest BCUT2D eigenvalue weighted by atomic mass is 9.99. The van der Waals surface area contributed by atoms with Gasteiger partial charge in [0.1, 0.15) is 11.5 Å². The molecule has 2 aromatic rings. The van der Waals surface area contributed by atoms with E-state index in [0.29, 0.717) is 17.1 Å². The average molecular weight is 527 g/mol. The minimum Gasteiger partial charge on any atom is -0.497 e. The molecular weight excluding hydrogens is 496 g/mol. The number of esters is 3. The fraction of sp³-hybridized carbons (Fsp3) is 0.321. The first-order valence-corrected chi connectivity index (χ1v) is 11.8. The summed E-state index contributed by atoms with van der Waals surface area (Å²) in [5.41, 5.74) is 1.42. The lowest BCUT2D eigenvalue weighted by Gasteiger charge is -2.41. The first kappa shape index (κ1) is 28.4. The zero-order valence-electron chi connectivity index (χ0n) is 21.4. The lowest BCUT2D eigenvalue weighted by molar-refractivity contribution is -0.287. The molecule has 1 aliphatic rings. The Morgan fingerprint density at radius 1 is 0.737 bits per heavy atom. The van der Waals surface area contributed by atoms with Crippen LogP contribution < -0.4 is 9.47 Å². The fourth-order valence-electron chi connectivity index (χ4n) is 3.71. The van der Waals surface area contributed by atoms with Crippen molar-refractivity contribution in [1.82, 2.24) is 0 Å². The second-order valence-electron chi connectivity index (χ2n) is 8.32. The zero-order valence-corrected chi connectivity index (χ0v) is 21.4. The van der Waals surface area contributed by atoms with E-state index >= 15 is 0 Å². The van der Waals surface area contributed by atoms with Gasteiger partial charge in [0.25, 0.3) is 0 Å². The van der Waals surface area contributed by atoms with Gasteiger partial charge in [0.2, 0.25) is 0 Å². The molecule has 0 spiro atoms. The summed E-state index contributed by atoms with van der Waals surface area (Å²) in [4.78, 5) is 37.0. The van der Waals surface area contributed by atoms with Crippen LogP contribution in [0.15, 0.2) is 60.7 Å². The molecule has 0 bridgehead atoms. The molecule has 2 aromatic carbocycles. The predicted octanol–water partition coefficient (Wildman–Crippen LogP) is 2.92. The van der Waals surface area contributed by atoms with E-state index in [4.69, 9.17) is 28.4 Å². The van der Waals surface area contributed by atoms with Crippen LogP contribution in [0.2, 0.25) is 0 Å². The van der Waals surface area contributed by atoms with E-state index in [1.165, 1.54) is 31.2 Å². The van der Waals surface area contributed by atoms with Crippen LogP contribution in [0.4, 0.5) is 0 Å². The minimum absolute atomic E-state index is 0.657. The van der Waals surface area contributed by atoms with E-state index in [0.717, 1.165) is 12.5 Å². The monoisotopic (exact) mass is 526 g/mol. The van der Waals surface area contributed by atoms with Gasteiger partial charge in [0, 0.05) is 19.1 Å². The standard InChI is InChI=1S/C28H30O10/c1-17-25(37-23(30)15-9-19-5-11-21(33-3)12-6-19)26(27(28(32)35-17)36-18(2)29)38-24(31)16-10-20-7-13-22(34-4)14-8-20/h5-17,25-28,32H,1-4H3. The second-order valence-corrected chi connectivity index (χ2v) is 8.32. The highest BCUT2D eigenvalue weighted by atomic mass is 16.7. The minimum atomic E-state index is -1.61. The van der Waals surface area contributed by atoms with Crippen molar-refractivity contribution in [3.63, 3.8) is 0 Å². The number of aliphatic hydroxyl groups excluding tert-OH is 1. The molecule has 0 amide bonds. The molecule has 0 aliphatic carbocycles. The Morgan fingerprint density at radius 3 is 1.61 bits per heavy atom. The van der Waals surface area contributed by atoms with Gasteiger partial charge in [-0.15, -0.1) is 0 Å². The van der Waals surface area contributed by atoms with Crippen molar-refractivity contribution in [2.75, 3.05) is 14.2 Å². The number of carbonyl (C=O) groups excluding carboxylic acids is 3. The van der Waals surface area contributed by atoms with Gasteiger partial charge in [0.05, 0.1) is 20.3 Å². The maximum absolute atomic E-state index is 12.7. The Morgan fingerprint density at radius 2 is 1.18 bits per heavy atom. The van der Waals surface area contributed by atoms with E-state index in [-0.39, 0.29) is 0 Å². The van der Waals surface area contributed by atoms with Crippen LogP contribution in [0.1, 0.15) is 25.0 Å². The van der Waals surface area contributed by atoms with E-state index in [2.05, 4.69) is 0 Å². The quantitative estimate of drug-likeness (QED) is 0.296. The molecule has 1 heterocycles. The van der Waals surface area contributed by atoms with E-state index in [9.17, 15) is 19.5 Å². The summed E-state index contributed by atoms with van der Waals surface area (Å²) in [6, 6.07) is 13.9. The number of methoxy groups -OCH3 is 2. The SMILES string of the molecule is COc1ccc(C=CC(=O)OC2C(C)OC(O)C(OC(C)=O)C2OC(=O)C=Cc2ccc(OC)cc2)cc1. The molecular formula is C28H30O10. The number of aliphatic hydroxyl groups is 1. The molecule has 3 rings (SSSR count). The van der Waals surface area contributed by atoms with Crippen LogP contribution in [0.3, 0.4) is 0 Å². The summed E-state index contributed by atoms with van der Waals surface area (Å²) in [7, 11) is 3.09.